The number of carbonyl (C=O) groups is 2. The van der Waals surface area contributed by atoms with Gasteiger partial charge in [-0.15, -0.1) is 0 Å². The molecule has 3 atom stereocenters. The van der Waals surface area contributed by atoms with E-state index >= 15 is 0 Å². The second-order valence-electron chi connectivity index (χ2n) is 25.4. The molecule has 0 heterocycles. The molecule has 9 nitrogen and oxygen atoms in total. The molecule has 0 saturated heterocycles. The number of rotatable bonds is 65. The lowest BCUT2D eigenvalue weighted by atomic mass is 10.0. The van der Waals surface area contributed by atoms with Crippen molar-refractivity contribution in [2.75, 3.05) is 40.9 Å². The summed E-state index contributed by atoms with van der Waals surface area (Å²) in [5, 5.41) is 3.07. The number of hydrogen-bond acceptors (Lipinski definition) is 6. The van der Waals surface area contributed by atoms with Gasteiger partial charge in [0, 0.05) is 12.8 Å². The van der Waals surface area contributed by atoms with E-state index in [-0.39, 0.29) is 31.5 Å². The van der Waals surface area contributed by atoms with Crippen LogP contribution in [0.1, 0.15) is 335 Å². The Morgan fingerprint density at radius 3 is 1.11 bits per heavy atom. The largest absolute Gasteiger partial charge is 0.472 e. The van der Waals surface area contributed by atoms with Crippen molar-refractivity contribution in [3.8, 4) is 0 Å². The molecular weight excluding hydrogens is 1060 g/mol. The van der Waals surface area contributed by atoms with Gasteiger partial charge in [-0.1, -0.05) is 293 Å². The van der Waals surface area contributed by atoms with Crippen LogP contribution in [0.5, 0.6) is 0 Å². The fourth-order valence-corrected chi connectivity index (χ4v) is 11.1. The van der Waals surface area contributed by atoms with Crippen LogP contribution in [0.4, 0.5) is 0 Å². The summed E-state index contributed by atoms with van der Waals surface area (Å²) in [5.74, 6) is -0.503. The Balaban J connectivity index is 5.06. The highest BCUT2D eigenvalue weighted by Crippen LogP contribution is 2.43. The molecule has 0 bridgehead atoms. The highest BCUT2D eigenvalue weighted by atomic mass is 31.2. The third-order valence-electron chi connectivity index (χ3n) is 15.9. The highest BCUT2D eigenvalue weighted by Gasteiger charge is 2.30. The summed E-state index contributed by atoms with van der Waals surface area (Å²) >= 11 is 0. The maximum atomic E-state index is 13.6. The summed E-state index contributed by atoms with van der Waals surface area (Å²) < 4.78 is 30.8. The van der Waals surface area contributed by atoms with Crippen LogP contribution in [-0.2, 0) is 27.9 Å². The fraction of sp³-hybridized carbons (Fsp3) is 0.811. The molecule has 1 amide bonds. The van der Waals surface area contributed by atoms with E-state index in [0.717, 1.165) is 89.9 Å². The van der Waals surface area contributed by atoms with Crippen LogP contribution in [0.25, 0.3) is 0 Å². The van der Waals surface area contributed by atoms with Crippen molar-refractivity contribution in [3.63, 3.8) is 0 Å². The van der Waals surface area contributed by atoms with E-state index in [1.807, 2.05) is 33.3 Å². The molecule has 0 aromatic carbocycles. The number of likely N-dealkylation sites (N-methyl/N-ethyl adjacent to an activating group) is 1. The summed E-state index contributed by atoms with van der Waals surface area (Å²) in [7, 11) is 1.50. The van der Waals surface area contributed by atoms with Crippen LogP contribution < -0.4 is 5.32 Å². The monoisotopic (exact) mass is 1200 g/mol. The Hall–Kier alpha value is -2.55. The molecule has 0 aromatic rings. The standard InChI is InChI=1S/C74H137N2O7P/c1-7-10-13-16-19-22-25-28-30-32-34-36-37-38-39-41-42-44-46-48-51-54-57-60-63-66-73(77)75-71(70-82-84(79,80)81-69-68-76(4,5)6)72(65-62-59-56-53-50-27-24-21-18-15-12-9-3)83-74(78)67-64-61-58-55-52-49-47-45-43-40-35-33-31-29-26-23-20-17-14-11-8-2/h19-20,22-23,28-31,35,40,62,65,71-72H,7-18,21,24-27,32-34,36-39,41-61,63-64,66-70H2,1-6H3,(H-,75,77,79,80)/p+1/b22-19-,23-20-,30-28-,31-29-,40-35-,65-62-. The van der Waals surface area contributed by atoms with Crippen LogP contribution in [0.3, 0.4) is 0 Å². The molecule has 0 saturated carbocycles. The number of unbranched alkanes of at least 4 members (excludes halogenated alkanes) is 39. The van der Waals surface area contributed by atoms with Crippen molar-refractivity contribution in [2.45, 2.75) is 348 Å². The van der Waals surface area contributed by atoms with Gasteiger partial charge < -0.3 is 19.4 Å². The van der Waals surface area contributed by atoms with Crippen molar-refractivity contribution in [1.82, 2.24) is 5.32 Å². The van der Waals surface area contributed by atoms with Crippen LogP contribution >= 0.6 is 7.82 Å². The Kier molecular flexibility index (Phi) is 61.5. The van der Waals surface area contributed by atoms with E-state index in [1.165, 1.54) is 212 Å². The SMILES string of the molecule is CCCCC/C=C\C/C=C\C/C=C\CCCCCCCCCCC(=O)OC(/C=C\CCCCCCCCCCCC)C(COP(=O)(O)OCC[N+](C)(C)C)NC(=O)CCCCCCCCCCCCCCCCC/C=C\C/C=C\CCCCC. The van der Waals surface area contributed by atoms with Crippen LogP contribution in [-0.4, -0.2) is 74.3 Å². The van der Waals surface area contributed by atoms with Gasteiger partial charge in [0.05, 0.1) is 33.8 Å². The maximum Gasteiger partial charge on any atom is 0.472 e. The fourth-order valence-electron chi connectivity index (χ4n) is 10.3. The molecule has 3 unspecified atom stereocenters. The van der Waals surface area contributed by atoms with Gasteiger partial charge in [0.2, 0.25) is 5.91 Å². The molecule has 0 aliphatic rings. The molecule has 0 aliphatic carbocycles. The molecule has 0 spiro atoms. The summed E-state index contributed by atoms with van der Waals surface area (Å²) in [6.07, 6.45) is 83.4. The van der Waals surface area contributed by atoms with E-state index in [2.05, 4.69) is 86.8 Å². The number of esters is 1. The Bertz CT molecular complexity index is 1670. The average molecular weight is 1200 g/mol. The number of amides is 1. The van der Waals surface area contributed by atoms with E-state index in [9.17, 15) is 19.0 Å². The van der Waals surface area contributed by atoms with E-state index in [4.69, 9.17) is 13.8 Å². The molecule has 2 N–H and O–H groups in total. The number of nitrogens with zero attached hydrogens (tertiary/aromatic N) is 1. The lowest BCUT2D eigenvalue weighted by Gasteiger charge is -2.27. The maximum absolute atomic E-state index is 13.6. The van der Waals surface area contributed by atoms with Crippen molar-refractivity contribution in [1.29, 1.82) is 0 Å². The predicted molar refractivity (Wildman–Crippen MR) is 365 cm³/mol. The Labute approximate surface area is 521 Å². The molecule has 0 aliphatic heterocycles. The van der Waals surface area contributed by atoms with Crippen molar-refractivity contribution in [2.24, 2.45) is 0 Å². The second-order valence-corrected chi connectivity index (χ2v) is 26.9. The molecular formula is C74H138N2O7P+. The van der Waals surface area contributed by atoms with Crippen LogP contribution in [0.15, 0.2) is 72.9 Å². The quantitative estimate of drug-likeness (QED) is 0.0205. The average Bonchev–Trinajstić information content (AvgIpc) is 3.65. The first kappa shape index (κ1) is 81.5. The van der Waals surface area contributed by atoms with Gasteiger partial charge in [0.25, 0.3) is 0 Å². The molecule has 490 valence electrons. The number of quaternary nitrogens is 1. The smallest absolute Gasteiger partial charge is 0.456 e. The summed E-state index contributed by atoms with van der Waals surface area (Å²) in [5.41, 5.74) is 0. The number of allylic oxidation sites excluding steroid dienone is 11. The van der Waals surface area contributed by atoms with E-state index in [0.29, 0.717) is 17.4 Å². The molecule has 10 heteroatoms. The van der Waals surface area contributed by atoms with Crippen molar-refractivity contribution < 1.29 is 37.3 Å². The van der Waals surface area contributed by atoms with Gasteiger partial charge in [0.15, 0.2) is 0 Å². The summed E-state index contributed by atoms with van der Waals surface area (Å²) in [6.45, 7) is 6.99. The zero-order chi connectivity index (χ0) is 61.4. The third kappa shape index (κ3) is 63.9. The number of ether oxygens (including phenoxy) is 1. The minimum absolute atomic E-state index is 0.0380. The van der Waals surface area contributed by atoms with Crippen molar-refractivity contribution in [3.05, 3.63) is 72.9 Å². The molecule has 0 aromatic heterocycles. The Morgan fingerprint density at radius 1 is 0.417 bits per heavy atom. The van der Waals surface area contributed by atoms with Gasteiger partial charge in [0.1, 0.15) is 19.3 Å². The first-order valence-corrected chi connectivity index (χ1v) is 37.3. The summed E-state index contributed by atoms with van der Waals surface area (Å²) in [6, 6.07) is -0.854. The predicted octanol–water partition coefficient (Wildman–Crippen LogP) is 22.7. The first-order valence-electron chi connectivity index (χ1n) is 35.8. The van der Waals surface area contributed by atoms with Crippen LogP contribution in [0.2, 0.25) is 0 Å². The topological polar surface area (TPSA) is 111 Å². The minimum Gasteiger partial charge on any atom is -0.456 e. The van der Waals surface area contributed by atoms with Gasteiger partial charge in [-0.3, -0.25) is 18.6 Å². The number of phosphoric ester groups is 1. The lowest BCUT2D eigenvalue weighted by Crippen LogP contribution is -2.47. The first-order chi connectivity index (χ1) is 40.9. The Morgan fingerprint density at radius 2 is 0.726 bits per heavy atom. The normalized spacial score (nSPS) is 13.9. The van der Waals surface area contributed by atoms with Crippen LogP contribution in [0, 0.1) is 0 Å². The van der Waals surface area contributed by atoms with Gasteiger partial charge >= 0.3 is 13.8 Å². The number of carbonyl (C=O) groups excluding carboxylic acids is 2. The number of phosphoric acid groups is 1. The van der Waals surface area contributed by atoms with Gasteiger partial charge in [-0.25, -0.2) is 4.57 Å². The molecule has 0 fully saturated rings. The zero-order valence-corrected chi connectivity index (χ0v) is 57.0. The molecule has 0 rings (SSSR count). The molecule has 0 radical (unpaired) electrons. The number of hydrogen-bond donors (Lipinski definition) is 2. The third-order valence-corrected chi connectivity index (χ3v) is 16.9. The minimum atomic E-state index is -4.46. The highest BCUT2D eigenvalue weighted by molar-refractivity contribution is 7.47. The zero-order valence-electron chi connectivity index (χ0n) is 56.1. The van der Waals surface area contributed by atoms with Gasteiger partial charge in [-0.05, 0) is 102 Å². The number of nitrogens with one attached hydrogen (secondary N) is 1. The second kappa shape index (κ2) is 63.5. The molecule has 84 heavy (non-hydrogen) atoms. The van der Waals surface area contributed by atoms with Gasteiger partial charge in [-0.2, -0.15) is 0 Å². The lowest BCUT2D eigenvalue weighted by molar-refractivity contribution is -0.870. The van der Waals surface area contributed by atoms with E-state index in [1.54, 1.807) is 0 Å². The summed E-state index contributed by atoms with van der Waals surface area (Å²) in [4.78, 5) is 37.9. The van der Waals surface area contributed by atoms with Crippen molar-refractivity contribution >= 4 is 19.7 Å². The van der Waals surface area contributed by atoms with E-state index < -0.39 is 20.0 Å².